The van der Waals surface area contributed by atoms with Gasteiger partial charge in [0.05, 0.1) is 5.60 Å². The molecule has 0 spiro atoms. The molecule has 134 valence electrons. The van der Waals surface area contributed by atoms with E-state index in [-0.39, 0.29) is 0 Å². The summed E-state index contributed by atoms with van der Waals surface area (Å²) < 4.78 is 28.5. The second-order valence-electron chi connectivity index (χ2n) is 7.20. The van der Waals surface area contributed by atoms with E-state index < -0.39 is 20.9 Å². The van der Waals surface area contributed by atoms with Crippen molar-refractivity contribution in [2.45, 2.75) is 43.0 Å². The third-order valence-corrected chi connectivity index (χ3v) is 7.82. The van der Waals surface area contributed by atoms with E-state index in [0.717, 1.165) is 32.4 Å². The minimum Gasteiger partial charge on any atom is -0.388 e. The quantitative estimate of drug-likeness (QED) is 0.900. The fourth-order valence-corrected chi connectivity index (χ4v) is 6.27. The molecule has 1 aliphatic carbocycles. The van der Waals surface area contributed by atoms with Crippen LogP contribution in [0.15, 0.2) is 30.3 Å². The van der Waals surface area contributed by atoms with Gasteiger partial charge in [0.15, 0.2) is 0 Å². The van der Waals surface area contributed by atoms with Gasteiger partial charge in [0, 0.05) is 26.2 Å². The standard InChI is InChI=1S/C18H28N2O3S/c1-19-12-14-20(15-13-19)24(22,23)17(16-8-4-2-5-9-16)18(21)10-6-3-7-11-18/h2,4-5,8-9,17,21H,3,6-7,10-15H2,1H3. The van der Waals surface area contributed by atoms with Crippen molar-refractivity contribution in [3.63, 3.8) is 0 Å². The van der Waals surface area contributed by atoms with Gasteiger partial charge >= 0.3 is 0 Å². The summed E-state index contributed by atoms with van der Waals surface area (Å²) in [6, 6.07) is 9.27. The molecule has 2 fully saturated rings. The Labute approximate surface area is 145 Å². The zero-order valence-electron chi connectivity index (χ0n) is 14.4. The lowest BCUT2D eigenvalue weighted by Gasteiger charge is -2.42. The number of nitrogens with zero attached hydrogens (tertiary/aromatic N) is 2. The van der Waals surface area contributed by atoms with Crippen molar-refractivity contribution in [2.24, 2.45) is 0 Å². The van der Waals surface area contributed by atoms with Gasteiger partial charge in [-0.15, -0.1) is 0 Å². The molecular weight excluding hydrogens is 324 g/mol. The van der Waals surface area contributed by atoms with Crippen LogP contribution < -0.4 is 0 Å². The van der Waals surface area contributed by atoms with Crippen LogP contribution in [0.25, 0.3) is 0 Å². The highest BCUT2D eigenvalue weighted by Gasteiger charge is 2.48. The third-order valence-electron chi connectivity index (χ3n) is 5.43. The molecule has 0 radical (unpaired) electrons. The second kappa shape index (κ2) is 7.12. The van der Waals surface area contributed by atoms with E-state index in [1.54, 1.807) is 4.31 Å². The Kier molecular flexibility index (Phi) is 5.30. The SMILES string of the molecule is CN1CCN(S(=O)(=O)C(c2ccccc2)C2(O)CCCCC2)CC1. The summed E-state index contributed by atoms with van der Waals surface area (Å²) in [7, 11) is -1.59. The van der Waals surface area contributed by atoms with Crippen molar-refractivity contribution >= 4 is 10.0 Å². The van der Waals surface area contributed by atoms with Crippen molar-refractivity contribution in [3.8, 4) is 0 Å². The van der Waals surface area contributed by atoms with Crippen LogP contribution in [-0.2, 0) is 10.0 Å². The van der Waals surface area contributed by atoms with Gasteiger partial charge in [-0.25, -0.2) is 8.42 Å². The zero-order valence-corrected chi connectivity index (χ0v) is 15.2. The maximum atomic E-state index is 13.4. The van der Waals surface area contributed by atoms with Gasteiger partial charge in [-0.05, 0) is 25.5 Å². The van der Waals surface area contributed by atoms with Crippen LogP contribution >= 0.6 is 0 Å². The van der Waals surface area contributed by atoms with Gasteiger partial charge in [-0.3, -0.25) is 0 Å². The first-order valence-corrected chi connectivity index (χ1v) is 10.4. The monoisotopic (exact) mass is 352 g/mol. The van der Waals surface area contributed by atoms with Crippen LogP contribution in [0.3, 0.4) is 0 Å². The maximum Gasteiger partial charge on any atom is 0.224 e. The van der Waals surface area contributed by atoms with E-state index in [0.29, 0.717) is 31.5 Å². The van der Waals surface area contributed by atoms with Gasteiger partial charge in [-0.2, -0.15) is 4.31 Å². The van der Waals surface area contributed by atoms with Crippen LogP contribution in [0.5, 0.6) is 0 Å². The summed E-state index contributed by atoms with van der Waals surface area (Å²) in [6.45, 7) is 2.47. The lowest BCUT2D eigenvalue weighted by Crippen LogP contribution is -2.52. The summed E-state index contributed by atoms with van der Waals surface area (Å²) >= 11 is 0. The first-order valence-electron chi connectivity index (χ1n) is 8.88. The number of likely N-dealkylation sites (N-methyl/N-ethyl adjacent to an activating group) is 1. The van der Waals surface area contributed by atoms with Crippen molar-refractivity contribution in [3.05, 3.63) is 35.9 Å². The van der Waals surface area contributed by atoms with E-state index in [1.807, 2.05) is 37.4 Å². The minimum absolute atomic E-state index is 0.498. The average Bonchev–Trinajstić information content (AvgIpc) is 2.56. The smallest absolute Gasteiger partial charge is 0.224 e. The Bertz CT molecular complexity index is 633. The largest absolute Gasteiger partial charge is 0.388 e. The Morgan fingerprint density at radius 2 is 1.58 bits per heavy atom. The first-order chi connectivity index (χ1) is 11.4. The first kappa shape index (κ1) is 17.9. The lowest BCUT2D eigenvalue weighted by molar-refractivity contribution is -0.00233. The van der Waals surface area contributed by atoms with Gasteiger partial charge in [0.25, 0.3) is 0 Å². The molecule has 1 aromatic rings. The van der Waals surface area contributed by atoms with Crippen LogP contribution in [0.1, 0.15) is 42.9 Å². The van der Waals surface area contributed by atoms with E-state index in [2.05, 4.69) is 4.90 Å². The number of aliphatic hydroxyl groups is 1. The van der Waals surface area contributed by atoms with Crippen LogP contribution in [0.2, 0.25) is 0 Å². The molecule has 0 amide bonds. The Hall–Kier alpha value is -0.950. The number of piperazine rings is 1. The molecule has 1 saturated heterocycles. The number of rotatable bonds is 4. The third kappa shape index (κ3) is 3.52. The van der Waals surface area contributed by atoms with Gasteiger partial charge in [0.1, 0.15) is 5.25 Å². The molecule has 1 aliphatic heterocycles. The molecule has 1 aromatic carbocycles. The molecule has 1 heterocycles. The molecule has 1 saturated carbocycles. The number of hydrogen-bond donors (Lipinski definition) is 1. The molecule has 24 heavy (non-hydrogen) atoms. The van der Waals surface area contributed by atoms with Gasteiger partial charge in [-0.1, -0.05) is 49.6 Å². The van der Waals surface area contributed by atoms with Crippen molar-refractivity contribution in [1.82, 2.24) is 9.21 Å². The Morgan fingerprint density at radius 1 is 1.00 bits per heavy atom. The minimum atomic E-state index is -3.60. The van der Waals surface area contributed by atoms with E-state index in [4.69, 9.17) is 0 Å². The highest BCUT2D eigenvalue weighted by molar-refractivity contribution is 7.89. The molecule has 5 nitrogen and oxygen atoms in total. The average molecular weight is 353 g/mol. The second-order valence-corrected chi connectivity index (χ2v) is 9.22. The van der Waals surface area contributed by atoms with Crippen molar-refractivity contribution in [2.75, 3.05) is 33.2 Å². The summed E-state index contributed by atoms with van der Waals surface area (Å²) in [4.78, 5) is 2.14. The molecule has 1 N–H and O–H groups in total. The molecule has 1 atom stereocenters. The maximum absolute atomic E-state index is 13.4. The fraction of sp³-hybridized carbons (Fsp3) is 0.667. The van der Waals surface area contributed by atoms with Crippen molar-refractivity contribution < 1.29 is 13.5 Å². The van der Waals surface area contributed by atoms with Gasteiger partial charge in [0.2, 0.25) is 10.0 Å². The van der Waals surface area contributed by atoms with Crippen LogP contribution in [-0.4, -0.2) is 61.6 Å². The molecular formula is C18H28N2O3S. The fourth-order valence-electron chi connectivity index (χ4n) is 4.01. The summed E-state index contributed by atoms with van der Waals surface area (Å²) in [6.07, 6.45) is 3.95. The van der Waals surface area contributed by atoms with E-state index >= 15 is 0 Å². The molecule has 0 aromatic heterocycles. The molecule has 0 bridgehead atoms. The summed E-state index contributed by atoms with van der Waals surface area (Å²) in [5.74, 6) is 0. The van der Waals surface area contributed by atoms with Crippen LogP contribution in [0, 0.1) is 0 Å². The summed E-state index contributed by atoms with van der Waals surface area (Å²) in [5, 5.41) is 10.4. The number of sulfonamides is 1. The topological polar surface area (TPSA) is 60.9 Å². The predicted molar refractivity (Wildman–Crippen MR) is 95.2 cm³/mol. The van der Waals surface area contributed by atoms with Gasteiger partial charge < -0.3 is 10.0 Å². The number of hydrogen-bond acceptors (Lipinski definition) is 4. The summed E-state index contributed by atoms with van der Waals surface area (Å²) in [5.41, 5.74) is -0.456. The Morgan fingerprint density at radius 3 is 2.17 bits per heavy atom. The van der Waals surface area contributed by atoms with Crippen LogP contribution in [0.4, 0.5) is 0 Å². The molecule has 2 aliphatic rings. The molecule has 1 unspecified atom stereocenters. The lowest BCUT2D eigenvalue weighted by atomic mass is 9.80. The molecule has 3 rings (SSSR count). The zero-order chi connectivity index (χ0) is 17.2. The molecule has 6 heteroatoms. The number of benzene rings is 1. The van der Waals surface area contributed by atoms with Crippen molar-refractivity contribution in [1.29, 1.82) is 0 Å². The normalized spacial score (nSPS) is 24.6. The Balaban J connectivity index is 1.98. The van der Waals surface area contributed by atoms with E-state index in [1.165, 1.54) is 0 Å². The predicted octanol–water partition coefficient (Wildman–Crippen LogP) is 2.00. The highest BCUT2D eigenvalue weighted by atomic mass is 32.2. The van der Waals surface area contributed by atoms with E-state index in [9.17, 15) is 13.5 Å². The highest BCUT2D eigenvalue weighted by Crippen LogP contribution is 2.44.